The highest BCUT2D eigenvalue weighted by Crippen LogP contribution is 2.32. The molecule has 2 aromatic rings. The van der Waals surface area contributed by atoms with Crippen LogP contribution < -0.4 is 10.3 Å². The third-order valence-corrected chi connectivity index (χ3v) is 7.03. The molecule has 2 aliphatic rings. The van der Waals surface area contributed by atoms with E-state index in [1.54, 1.807) is 12.1 Å². The standard InChI is InChI=1S/C26H29N3O6S/c1-3-29(4-2)17-9-12-21-23(14-17)35-24-16-22(27-13-7-5-6-8-25(30)31)20-15-18(36(32,33)34)10-11-19(20)26(24)28-21/h9-12,14-16H,3-8,13H2,1-2H3,(H,30,31)(H,32,33,34)/b27-22-. The molecular formula is C26H29N3O6S. The van der Waals surface area contributed by atoms with Crippen molar-refractivity contribution in [2.24, 2.45) is 4.99 Å². The molecule has 0 unspecified atom stereocenters. The summed E-state index contributed by atoms with van der Waals surface area (Å²) in [4.78, 5) is 22.2. The maximum Gasteiger partial charge on any atom is 0.303 e. The molecule has 4 rings (SSSR count). The van der Waals surface area contributed by atoms with Crippen LogP contribution in [0.2, 0.25) is 0 Å². The van der Waals surface area contributed by atoms with Crippen LogP contribution in [-0.4, -0.2) is 48.7 Å². The van der Waals surface area contributed by atoms with Crippen LogP contribution in [0.15, 0.2) is 56.8 Å². The Labute approximate surface area is 209 Å². The average molecular weight is 512 g/mol. The summed E-state index contributed by atoms with van der Waals surface area (Å²) >= 11 is 0. The molecule has 0 atom stereocenters. The highest BCUT2D eigenvalue weighted by Gasteiger charge is 2.18. The quantitative estimate of drug-likeness (QED) is 0.135. The largest absolute Gasteiger partial charge is 0.481 e. The molecule has 0 fully saturated rings. The smallest absolute Gasteiger partial charge is 0.303 e. The molecule has 2 aromatic carbocycles. The highest BCUT2D eigenvalue weighted by atomic mass is 32.2. The zero-order chi connectivity index (χ0) is 25.9. The van der Waals surface area contributed by atoms with Gasteiger partial charge in [0.2, 0.25) is 0 Å². The SMILES string of the molecule is CCN(CC)c1ccc2nc3c4ccc(S(=O)(=O)O)cc4/c(=N\CCCCCC(=O)O)cc-3oc2c1. The van der Waals surface area contributed by atoms with Crippen molar-refractivity contribution < 1.29 is 27.3 Å². The second kappa shape index (κ2) is 10.6. The van der Waals surface area contributed by atoms with Crippen LogP contribution in [-0.2, 0) is 14.9 Å². The molecule has 0 aromatic heterocycles. The van der Waals surface area contributed by atoms with Gasteiger partial charge in [0.25, 0.3) is 10.1 Å². The minimum atomic E-state index is -4.40. The number of aliphatic carboxylic acids is 1. The summed E-state index contributed by atoms with van der Waals surface area (Å²) < 4.78 is 39.4. The number of fused-ring (bicyclic) bond motifs is 4. The molecular weight excluding hydrogens is 482 g/mol. The second-order valence-corrected chi connectivity index (χ2v) is 9.97. The number of unbranched alkanes of at least 4 members (excludes halogenated alkanes) is 2. The van der Waals surface area contributed by atoms with Crippen molar-refractivity contribution >= 4 is 43.6 Å². The van der Waals surface area contributed by atoms with Gasteiger partial charge in [-0.1, -0.05) is 12.5 Å². The Hall–Kier alpha value is -3.50. The summed E-state index contributed by atoms with van der Waals surface area (Å²) in [6.45, 7) is 6.33. The Balaban J connectivity index is 1.85. The first kappa shape index (κ1) is 25.6. The molecule has 1 aliphatic carbocycles. The van der Waals surface area contributed by atoms with Gasteiger partial charge in [0, 0.05) is 54.6 Å². The average Bonchev–Trinajstić information content (AvgIpc) is 2.84. The molecule has 0 saturated heterocycles. The lowest BCUT2D eigenvalue weighted by molar-refractivity contribution is -0.137. The fraction of sp³-hybridized carbons (Fsp3) is 0.346. The van der Waals surface area contributed by atoms with Gasteiger partial charge in [-0.25, -0.2) is 4.98 Å². The number of nitrogens with zero attached hydrogens (tertiary/aromatic N) is 3. The molecule has 36 heavy (non-hydrogen) atoms. The van der Waals surface area contributed by atoms with Gasteiger partial charge in [0.1, 0.15) is 11.2 Å². The lowest BCUT2D eigenvalue weighted by Crippen LogP contribution is -2.21. The molecule has 190 valence electrons. The van der Waals surface area contributed by atoms with E-state index in [9.17, 15) is 17.8 Å². The molecule has 0 amide bonds. The molecule has 1 heterocycles. The van der Waals surface area contributed by atoms with E-state index in [-0.39, 0.29) is 11.3 Å². The van der Waals surface area contributed by atoms with Crippen molar-refractivity contribution in [3.8, 4) is 11.5 Å². The van der Waals surface area contributed by atoms with E-state index in [0.717, 1.165) is 18.8 Å². The van der Waals surface area contributed by atoms with Crippen molar-refractivity contribution in [3.05, 3.63) is 47.8 Å². The molecule has 2 N–H and O–H groups in total. The van der Waals surface area contributed by atoms with E-state index in [0.29, 0.717) is 64.5 Å². The number of aromatic nitrogens is 1. The van der Waals surface area contributed by atoms with Crippen LogP contribution >= 0.6 is 0 Å². The lowest BCUT2D eigenvalue weighted by Gasteiger charge is -2.21. The second-order valence-electron chi connectivity index (χ2n) is 8.55. The van der Waals surface area contributed by atoms with Gasteiger partial charge in [-0.3, -0.25) is 14.3 Å². The normalized spacial score (nSPS) is 12.6. The van der Waals surface area contributed by atoms with Crippen molar-refractivity contribution in [2.45, 2.75) is 44.4 Å². The van der Waals surface area contributed by atoms with Gasteiger partial charge < -0.3 is 14.4 Å². The zero-order valence-corrected chi connectivity index (χ0v) is 21.1. The van der Waals surface area contributed by atoms with Gasteiger partial charge in [0.05, 0.1) is 10.3 Å². The number of carboxylic acids is 1. The predicted molar refractivity (Wildman–Crippen MR) is 138 cm³/mol. The molecule has 10 heteroatoms. The summed E-state index contributed by atoms with van der Waals surface area (Å²) in [6.07, 6.45) is 2.08. The molecule has 9 nitrogen and oxygen atoms in total. The predicted octanol–water partition coefficient (Wildman–Crippen LogP) is 4.72. The Morgan fingerprint density at radius 2 is 1.81 bits per heavy atom. The third kappa shape index (κ3) is 5.50. The number of rotatable bonds is 10. The van der Waals surface area contributed by atoms with Gasteiger partial charge in [0.15, 0.2) is 11.3 Å². The summed E-state index contributed by atoms with van der Waals surface area (Å²) in [5.74, 6) is -0.313. The van der Waals surface area contributed by atoms with Crippen molar-refractivity contribution in [3.63, 3.8) is 0 Å². The fourth-order valence-corrected chi connectivity index (χ4v) is 4.80. The Kier molecular flexibility index (Phi) is 7.56. The summed E-state index contributed by atoms with van der Waals surface area (Å²) in [5, 5.41) is 10.5. The number of benzene rings is 3. The number of carbonyl (C=O) groups is 1. The Morgan fingerprint density at radius 3 is 2.50 bits per heavy atom. The van der Waals surface area contributed by atoms with Crippen molar-refractivity contribution in [2.75, 3.05) is 24.5 Å². The first-order valence-electron chi connectivity index (χ1n) is 12.0. The van der Waals surface area contributed by atoms with Crippen molar-refractivity contribution in [1.29, 1.82) is 0 Å². The first-order chi connectivity index (χ1) is 17.2. The van der Waals surface area contributed by atoms with Crippen LogP contribution in [0.3, 0.4) is 0 Å². The van der Waals surface area contributed by atoms with Crippen LogP contribution in [0.25, 0.3) is 33.3 Å². The van der Waals surface area contributed by atoms with E-state index in [1.165, 1.54) is 12.1 Å². The van der Waals surface area contributed by atoms with E-state index in [2.05, 4.69) is 23.7 Å². The monoisotopic (exact) mass is 511 g/mol. The lowest BCUT2D eigenvalue weighted by atomic mass is 10.0. The number of hydrogen-bond acceptors (Lipinski definition) is 7. The summed E-state index contributed by atoms with van der Waals surface area (Å²) in [7, 11) is -4.40. The van der Waals surface area contributed by atoms with E-state index < -0.39 is 16.1 Å². The number of carboxylic acid groups (broad SMARTS) is 1. The number of anilines is 1. The van der Waals surface area contributed by atoms with Crippen LogP contribution in [0.4, 0.5) is 5.69 Å². The first-order valence-corrected chi connectivity index (χ1v) is 13.4. The van der Waals surface area contributed by atoms with Crippen LogP contribution in [0, 0.1) is 0 Å². The molecule has 0 spiro atoms. The molecule has 1 aliphatic heterocycles. The van der Waals surface area contributed by atoms with Gasteiger partial charge in [-0.15, -0.1) is 0 Å². The maximum absolute atomic E-state index is 11.8. The maximum atomic E-state index is 11.8. The van der Waals surface area contributed by atoms with E-state index >= 15 is 0 Å². The number of hydrogen-bond donors (Lipinski definition) is 2. The van der Waals surface area contributed by atoms with E-state index in [4.69, 9.17) is 14.5 Å². The molecule has 0 bridgehead atoms. The molecule has 0 radical (unpaired) electrons. The van der Waals surface area contributed by atoms with Crippen LogP contribution in [0.1, 0.15) is 39.5 Å². The molecule has 0 saturated carbocycles. The van der Waals surface area contributed by atoms with Crippen LogP contribution in [0.5, 0.6) is 0 Å². The van der Waals surface area contributed by atoms with Gasteiger partial charge in [-0.05, 0) is 51.0 Å². The fourth-order valence-electron chi connectivity index (χ4n) is 4.29. The zero-order valence-electron chi connectivity index (χ0n) is 20.3. The van der Waals surface area contributed by atoms with Crippen molar-refractivity contribution in [1.82, 2.24) is 4.98 Å². The minimum Gasteiger partial charge on any atom is -0.481 e. The third-order valence-electron chi connectivity index (χ3n) is 6.18. The topological polar surface area (TPSA) is 133 Å². The summed E-state index contributed by atoms with van der Waals surface area (Å²) in [5.41, 5.74) is 2.89. The van der Waals surface area contributed by atoms with E-state index in [1.807, 2.05) is 18.2 Å². The Bertz CT molecular complexity index is 1560. The van der Waals surface area contributed by atoms with Gasteiger partial charge >= 0.3 is 5.97 Å². The van der Waals surface area contributed by atoms with Gasteiger partial charge in [-0.2, -0.15) is 8.42 Å². The Morgan fingerprint density at radius 1 is 1.03 bits per heavy atom. The summed E-state index contributed by atoms with van der Waals surface area (Å²) in [6, 6.07) is 11.9. The minimum absolute atomic E-state index is 0.115. The highest BCUT2D eigenvalue weighted by molar-refractivity contribution is 7.85.